The van der Waals surface area contributed by atoms with E-state index in [2.05, 4.69) is 17.2 Å². The Labute approximate surface area is 161 Å². The molecule has 0 fully saturated rings. The van der Waals surface area contributed by atoms with E-state index in [0.29, 0.717) is 16.5 Å². The SMILES string of the molecule is COC(=O)c1c(NC(=O)C(C)Sc2nccn2C)sc2c1CCC(C)C2. The highest BCUT2D eigenvalue weighted by molar-refractivity contribution is 8.00. The zero-order chi connectivity index (χ0) is 18.8. The zero-order valence-corrected chi connectivity index (χ0v) is 17.0. The number of hydrogen-bond acceptors (Lipinski definition) is 6. The van der Waals surface area contributed by atoms with Crippen molar-refractivity contribution in [1.29, 1.82) is 0 Å². The zero-order valence-electron chi connectivity index (χ0n) is 15.4. The van der Waals surface area contributed by atoms with Crippen molar-refractivity contribution < 1.29 is 14.3 Å². The van der Waals surface area contributed by atoms with Crippen molar-refractivity contribution >= 4 is 40.0 Å². The van der Waals surface area contributed by atoms with Gasteiger partial charge in [-0.1, -0.05) is 18.7 Å². The third-order valence-corrected chi connectivity index (χ3v) is 6.91. The average molecular weight is 394 g/mol. The third kappa shape index (κ3) is 3.81. The van der Waals surface area contributed by atoms with Gasteiger partial charge in [-0.25, -0.2) is 9.78 Å². The van der Waals surface area contributed by atoms with Gasteiger partial charge in [-0.2, -0.15) is 0 Å². The van der Waals surface area contributed by atoms with Gasteiger partial charge < -0.3 is 14.6 Å². The second-order valence-electron chi connectivity index (χ2n) is 6.62. The van der Waals surface area contributed by atoms with Gasteiger partial charge in [-0.15, -0.1) is 11.3 Å². The summed E-state index contributed by atoms with van der Waals surface area (Å²) in [6.07, 6.45) is 6.39. The molecule has 140 valence electrons. The van der Waals surface area contributed by atoms with Crippen molar-refractivity contribution in [3.8, 4) is 0 Å². The van der Waals surface area contributed by atoms with Crippen LogP contribution in [-0.4, -0.2) is 33.8 Å². The lowest BCUT2D eigenvalue weighted by atomic mass is 9.88. The van der Waals surface area contributed by atoms with Crippen molar-refractivity contribution in [3.05, 3.63) is 28.4 Å². The second-order valence-corrected chi connectivity index (χ2v) is 9.03. The fourth-order valence-electron chi connectivity index (χ4n) is 3.05. The highest BCUT2D eigenvalue weighted by Crippen LogP contribution is 2.40. The van der Waals surface area contributed by atoms with Gasteiger partial charge in [0.25, 0.3) is 0 Å². The van der Waals surface area contributed by atoms with E-state index in [9.17, 15) is 9.59 Å². The van der Waals surface area contributed by atoms with Gasteiger partial charge in [0, 0.05) is 24.3 Å². The number of aryl methyl sites for hydroxylation is 1. The van der Waals surface area contributed by atoms with Crippen LogP contribution in [0.1, 0.15) is 41.1 Å². The van der Waals surface area contributed by atoms with Crippen LogP contribution in [0.5, 0.6) is 0 Å². The normalized spacial score (nSPS) is 17.5. The van der Waals surface area contributed by atoms with E-state index >= 15 is 0 Å². The quantitative estimate of drug-likeness (QED) is 0.622. The molecule has 2 aromatic heterocycles. The van der Waals surface area contributed by atoms with E-state index < -0.39 is 0 Å². The predicted molar refractivity (Wildman–Crippen MR) is 104 cm³/mol. The van der Waals surface area contributed by atoms with E-state index in [1.807, 2.05) is 24.7 Å². The Kier molecular flexibility index (Phi) is 5.72. The number of carbonyl (C=O) groups is 2. The Morgan fingerprint density at radius 2 is 2.27 bits per heavy atom. The van der Waals surface area contributed by atoms with Crippen LogP contribution in [-0.2, 0) is 29.4 Å². The van der Waals surface area contributed by atoms with Crippen LogP contribution < -0.4 is 5.32 Å². The summed E-state index contributed by atoms with van der Waals surface area (Å²) in [5, 5.41) is 4.00. The lowest BCUT2D eigenvalue weighted by Gasteiger charge is -2.18. The number of thioether (sulfide) groups is 1. The molecule has 1 aliphatic carbocycles. The van der Waals surface area contributed by atoms with E-state index in [1.54, 1.807) is 6.20 Å². The maximum atomic E-state index is 12.7. The van der Waals surface area contributed by atoms with Gasteiger partial charge in [-0.05, 0) is 37.7 Å². The number of imidazole rings is 1. The Bertz CT molecular complexity index is 828. The first-order valence-corrected chi connectivity index (χ1v) is 10.3. The minimum atomic E-state index is -0.378. The van der Waals surface area contributed by atoms with E-state index in [0.717, 1.165) is 30.0 Å². The Hall–Kier alpha value is -1.80. The fourth-order valence-corrected chi connectivity index (χ4v) is 5.28. The van der Waals surface area contributed by atoms with Crippen molar-refractivity contribution in [2.24, 2.45) is 13.0 Å². The minimum Gasteiger partial charge on any atom is -0.465 e. The highest BCUT2D eigenvalue weighted by atomic mass is 32.2. The summed E-state index contributed by atoms with van der Waals surface area (Å²) in [4.78, 5) is 30.4. The standard InChI is InChI=1S/C18H23N3O3S2/c1-10-5-6-12-13(9-10)26-16(14(12)17(23)24-4)20-15(22)11(2)25-18-19-7-8-21(18)3/h7-8,10-11H,5-6,9H2,1-4H3,(H,20,22). The smallest absolute Gasteiger partial charge is 0.341 e. The minimum absolute atomic E-state index is 0.144. The number of fused-ring (bicyclic) bond motifs is 1. The molecule has 0 bridgehead atoms. The first kappa shape index (κ1) is 19.0. The van der Waals surface area contributed by atoms with Crippen LogP contribution in [0.25, 0.3) is 0 Å². The second kappa shape index (κ2) is 7.84. The van der Waals surface area contributed by atoms with Crippen LogP contribution in [0.15, 0.2) is 17.6 Å². The Balaban J connectivity index is 1.81. The van der Waals surface area contributed by atoms with Gasteiger partial charge in [-0.3, -0.25) is 4.79 Å². The lowest BCUT2D eigenvalue weighted by Crippen LogP contribution is -2.23. The Morgan fingerprint density at radius 1 is 1.50 bits per heavy atom. The summed E-state index contributed by atoms with van der Waals surface area (Å²) in [7, 11) is 3.27. The molecule has 0 saturated heterocycles. The highest BCUT2D eigenvalue weighted by Gasteiger charge is 2.29. The monoisotopic (exact) mass is 393 g/mol. The molecule has 8 heteroatoms. The van der Waals surface area contributed by atoms with Gasteiger partial charge >= 0.3 is 5.97 Å². The molecule has 0 spiro atoms. The molecule has 3 rings (SSSR count). The summed E-state index contributed by atoms with van der Waals surface area (Å²) < 4.78 is 6.84. The predicted octanol–water partition coefficient (Wildman–Crippen LogP) is 3.51. The molecule has 0 aromatic carbocycles. The number of methoxy groups -OCH3 is 1. The molecular weight excluding hydrogens is 370 g/mol. The molecule has 2 unspecified atom stereocenters. The molecular formula is C18H23N3O3S2. The number of nitrogens with zero attached hydrogens (tertiary/aromatic N) is 2. The van der Waals surface area contributed by atoms with Gasteiger partial charge in [0.2, 0.25) is 5.91 Å². The largest absolute Gasteiger partial charge is 0.465 e. The van der Waals surface area contributed by atoms with Crippen LogP contribution >= 0.6 is 23.1 Å². The average Bonchev–Trinajstić information content (AvgIpc) is 3.16. The van der Waals surface area contributed by atoms with Gasteiger partial charge in [0.05, 0.1) is 17.9 Å². The molecule has 0 aliphatic heterocycles. The van der Waals surface area contributed by atoms with E-state index in [-0.39, 0.29) is 17.1 Å². The van der Waals surface area contributed by atoms with E-state index in [1.165, 1.54) is 35.1 Å². The molecule has 1 N–H and O–H groups in total. The topological polar surface area (TPSA) is 73.2 Å². The van der Waals surface area contributed by atoms with Crippen LogP contribution in [0.4, 0.5) is 5.00 Å². The summed E-state index contributed by atoms with van der Waals surface area (Å²) in [5.74, 6) is 0.0691. The molecule has 2 aromatic rings. The molecule has 1 amide bonds. The number of carbonyl (C=O) groups excluding carboxylic acids is 2. The number of nitrogens with one attached hydrogen (secondary N) is 1. The molecule has 2 heterocycles. The third-order valence-electron chi connectivity index (χ3n) is 4.57. The van der Waals surface area contributed by atoms with Crippen molar-refractivity contribution in [3.63, 3.8) is 0 Å². The molecule has 0 saturated carbocycles. The molecule has 26 heavy (non-hydrogen) atoms. The van der Waals surface area contributed by atoms with Crippen molar-refractivity contribution in [1.82, 2.24) is 9.55 Å². The lowest BCUT2D eigenvalue weighted by molar-refractivity contribution is -0.115. The number of aromatic nitrogens is 2. The molecule has 6 nitrogen and oxygen atoms in total. The van der Waals surface area contributed by atoms with Crippen LogP contribution in [0.3, 0.4) is 0 Å². The van der Waals surface area contributed by atoms with Crippen LogP contribution in [0.2, 0.25) is 0 Å². The summed E-state index contributed by atoms with van der Waals surface area (Å²) in [6.45, 7) is 4.05. The number of amides is 1. The molecule has 0 radical (unpaired) electrons. The molecule has 1 aliphatic rings. The summed E-state index contributed by atoms with van der Waals surface area (Å²) in [5.41, 5.74) is 1.57. The number of rotatable bonds is 5. The maximum absolute atomic E-state index is 12.7. The fraction of sp³-hybridized carbons (Fsp3) is 0.500. The number of hydrogen-bond donors (Lipinski definition) is 1. The first-order valence-electron chi connectivity index (χ1n) is 8.58. The maximum Gasteiger partial charge on any atom is 0.341 e. The van der Waals surface area contributed by atoms with E-state index in [4.69, 9.17) is 4.74 Å². The number of thiophene rings is 1. The summed E-state index contributed by atoms with van der Waals surface area (Å²) >= 11 is 2.89. The summed E-state index contributed by atoms with van der Waals surface area (Å²) in [6, 6.07) is 0. The van der Waals surface area contributed by atoms with Gasteiger partial charge in [0.1, 0.15) is 5.00 Å². The number of esters is 1. The van der Waals surface area contributed by atoms with Crippen molar-refractivity contribution in [2.75, 3.05) is 12.4 Å². The Morgan fingerprint density at radius 3 is 2.92 bits per heavy atom. The molecule has 2 atom stereocenters. The first-order chi connectivity index (χ1) is 12.4. The van der Waals surface area contributed by atoms with Crippen LogP contribution in [0, 0.1) is 5.92 Å². The van der Waals surface area contributed by atoms with Gasteiger partial charge in [0.15, 0.2) is 5.16 Å². The van der Waals surface area contributed by atoms with Crippen molar-refractivity contribution in [2.45, 2.75) is 43.5 Å². The number of anilines is 1. The number of ether oxygens (including phenoxy) is 1.